The van der Waals surface area contributed by atoms with Crippen LogP contribution in [0.25, 0.3) is 11.5 Å². The van der Waals surface area contributed by atoms with Crippen LogP contribution in [0.2, 0.25) is 0 Å². The van der Waals surface area contributed by atoms with Crippen LogP contribution in [0.3, 0.4) is 0 Å². The summed E-state index contributed by atoms with van der Waals surface area (Å²) in [6.07, 6.45) is 2.37. The van der Waals surface area contributed by atoms with E-state index in [0.717, 1.165) is 5.56 Å². The Hall–Kier alpha value is -3.02. The van der Waals surface area contributed by atoms with Gasteiger partial charge in [0.1, 0.15) is 5.69 Å². The first-order valence-corrected chi connectivity index (χ1v) is 7.36. The molecule has 0 unspecified atom stereocenters. The summed E-state index contributed by atoms with van der Waals surface area (Å²) in [4.78, 5) is 20.3. The first-order valence-electron chi connectivity index (χ1n) is 7.36. The van der Waals surface area contributed by atoms with Gasteiger partial charge in [-0.1, -0.05) is 41.6 Å². The molecule has 0 atom stereocenters. The molecule has 2 heterocycles. The molecule has 2 aromatic heterocycles. The number of rotatable bonds is 6. The van der Waals surface area contributed by atoms with Gasteiger partial charge in [0, 0.05) is 25.6 Å². The Kier molecular flexibility index (Phi) is 4.73. The number of carbonyl (C=O) groups excluding carboxylic acids is 1. The molecule has 0 spiro atoms. The number of benzene rings is 1. The van der Waals surface area contributed by atoms with E-state index < -0.39 is 0 Å². The van der Waals surface area contributed by atoms with Crippen molar-refractivity contribution in [2.24, 2.45) is 0 Å². The molecule has 23 heavy (non-hydrogen) atoms. The Balaban J connectivity index is 1.49. The molecule has 0 saturated carbocycles. The van der Waals surface area contributed by atoms with Crippen molar-refractivity contribution in [3.8, 4) is 11.5 Å². The molecule has 0 aliphatic heterocycles. The lowest BCUT2D eigenvalue weighted by Crippen LogP contribution is -2.22. The number of amides is 1. The smallest absolute Gasteiger partial charge is 0.227 e. The topological polar surface area (TPSA) is 80.9 Å². The van der Waals surface area contributed by atoms with Gasteiger partial charge < -0.3 is 9.84 Å². The summed E-state index contributed by atoms with van der Waals surface area (Å²) in [5.74, 6) is 0.817. The fraction of sp³-hybridized carbons (Fsp3) is 0.176. The maximum atomic E-state index is 11.9. The van der Waals surface area contributed by atoms with E-state index in [4.69, 9.17) is 4.52 Å². The summed E-state index contributed by atoms with van der Waals surface area (Å²) in [5, 5.41) is 6.74. The zero-order chi connectivity index (χ0) is 15.9. The summed E-state index contributed by atoms with van der Waals surface area (Å²) in [7, 11) is 0. The molecule has 6 heteroatoms. The average molecular weight is 308 g/mol. The van der Waals surface area contributed by atoms with E-state index in [-0.39, 0.29) is 5.91 Å². The van der Waals surface area contributed by atoms with Crippen LogP contribution in [0.4, 0.5) is 0 Å². The Morgan fingerprint density at radius 3 is 2.70 bits per heavy atom. The molecule has 0 fully saturated rings. The number of nitrogens with zero attached hydrogens (tertiary/aromatic N) is 3. The number of carbonyl (C=O) groups is 1. The number of pyridine rings is 1. The minimum absolute atomic E-state index is 0.0496. The van der Waals surface area contributed by atoms with Crippen LogP contribution in [-0.4, -0.2) is 21.0 Å². The Morgan fingerprint density at radius 1 is 1.09 bits per heavy atom. The summed E-state index contributed by atoms with van der Waals surface area (Å²) in [6, 6.07) is 15.3. The van der Waals surface area contributed by atoms with Gasteiger partial charge in [0.2, 0.25) is 17.6 Å². The fourth-order valence-corrected chi connectivity index (χ4v) is 2.06. The van der Waals surface area contributed by atoms with Crippen LogP contribution in [0.5, 0.6) is 0 Å². The third-order valence-corrected chi connectivity index (χ3v) is 3.26. The molecular formula is C17H16N4O2. The standard InChI is InChI=1S/C17H16N4O2/c22-15(19-12-13-6-2-1-3-7-13)9-10-16-20-17(21-23-16)14-8-4-5-11-18-14/h1-8,11H,9-10,12H2,(H,19,22). The summed E-state index contributed by atoms with van der Waals surface area (Å²) in [6.45, 7) is 0.517. The van der Waals surface area contributed by atoms with Gasteiger partial charge in [-0.15, -0.1) is 0 Å². The maximum absolute atomic E-state index is 11.9. The molecule has 0 saturated heterocycles. The third kappa shape index (κ3) is 4.23. The van der Waals surface area contributed by atoms with Gasteiger partial charge in [0.15, 0.2) is 0 Å². The summed E-state index contributed by atoms with van der Waals surface area (Å²) < 4.78 is 5.15. The lowest BCUT2D eigenvalue weighted by molar-refractivity contribution is -0.121. The largest absolute Gasteiger partial charge is 0.352 e. The van der Waals surface area contributed by atoms with Crippen molar-refractivity contribution in [3.05, 3.63) is 66.2 Å². The van der Waals surface area contributed by atoms with Gasteiger partial charge in [-0.05, 0) is 17.7 Å². The number of hydrogen-bond acceptors (Lipinski definition) is 5. The van der Waals surface area contributed by atoms with Gasteiger partial charge in [-0.3, -0.25) is 9.78 Å². The normalized spacial score (nSPS) is 10.4. The Labute approximate surface area is 133 Å². The number of aryl methyl sites for hydroxylation is 1. The lowest BCUT2D eigenvalue weighted by Gasteiger charge is -2.03. The summed E-state index contributed by atoms with van der Waals surface area (Å²) in [5.41, 5.74) is 1.71. The van der Waals surface area contributed by atoms with Crippen molar-refractivity contribution in [1.82, 2.24) is 20.4 Å². The van der Waals surface area contributed by atoms with E-state index in [0.29, 0.717) is 36.8 Å². The lowest BCUT2D eigenvalue weighted by atomic mass is 10.2. The second-order valence-electron chi connectivity index (χ2n) is 4.99. The van der Waals surface area contributed by atoms with E-state index in [9.17, 15) is 4.79 Å². The van der Waals surface area contributed by atoms with Crippen molar-refractivity contribution in [2.45, 2.75) is 19.4 Å². The molecule has 1 aromatic carbocycles. The predicted molar refractivity (Wildman–Crippen MR) is 84.1 cm³/mol. The first-order chi connectivity index (χ1) is 11.3. The van der Waals surface area contributed by atoms with Crippen LogP contribution < -0.4 is 5.32 Å². The second kappa shape index (κ2) is 7.31. The van der Waals surface area contributed by atoms with Crippen LogP contribution in [0.15, 0.2) is 59.3 Å². The molecule has 3 rings (SSSR count). The van der Waals surface area contributed by atoms with Gasteiger partial charge >= 0.3 is 0 Å². The molecular weight excluding hydrogens is 292 g/mol. The highest BCUT2D eigenvalue weighted by atomic mass is 16.5. The van der Waals surface area contributed by atoms with Gasteiger partial charge in [-0.2, -0.15) is 4.98 Å². The second-order valence-corrected chi connectivity index (χ2v) is 4.99. The molecule has 3 aromatic rings. The van der Waals surface area contributed by atoms with E-state index in [1.165, 1.54) is 0 Å². The highest BCUT2D eigenvalue weighted by Gasteiger charge is 2.11. The minimum atomic E-state index is -0.0496. The van der Waals surface area contributed by atoms with Crippen molar-refractivity contribution < 1.29 is 9.32 Å². The van der Waals surface area contributed by atoms with Gasteiger partial charge in [0.25, 0.3) is 0 Å². The fourth-order valence-electron chi connectivity index (χ4n) is 2.06. The third-order valence-electron chi connectivity index (χ3n) is 3.26. The number of aromatic nitrogens is 3. The Bertz CT molecular complexity index is 757. The van der Waals surface area contributed by atoms with E-state index in [2.05, 4.69) is 20.4 Å². The summed E-state index contributed by atoms with van der Waals surface area (Å²) >= 11 is 0. The molecule has 0 aliphatic rings. The molecule has 0 bridgehead atoms. The monoisotopic (exact) mass is 308 g/mol. The highest BCUT2D eigenvalue weighted by molar-refractivity contribution is 5.76. The van der Waals surface area contributed by atoms with Crippen LogP contribution in [0, 0.1) is 0 Å². The number of hydrogen-bond donors (Lipinski definition) is 1. The number of nitrogens with one attached hydrogen (secondary N) is 1. The van der Waals surface area contributed by atoms with E-state index in [1.54, 1.807) is 12.3 Å². The van der Waals surface area contributed by atoms with Crippen LogP contribution in [0.1, 0.15) is 17.9 Å². The quantitative estimate of drug-likeness (QED) is 0.756. The zero-order valence-electron chi connectivity index (χ0n) is 12.5. The van der Waals surface area contributed by atoms with Crippen molar-refractivity contribution in [2.75, 3.05) is 0 Å². The Morgan fingerprint density at radius 2 is 1.91 bits per heavy atom. The molecule has 1 N–H and O–H groups in total. The van der Waals surface area contributed by atoms with E-state index >= 15 is 0 Å². The molecule has 116 valence electrons. The van der Waals surface area contributed by atoms with Crippen molar-refractivity contribution in [1.29, 1.82) is 0 Å². The van der Waals surface area contributed by atoms with Crippen molar-refractivity contribution in [3.63, 3.8) is 0 Å². The molecule has 6 nitrogen and oxygen atoms in total. The minimum Gasteiger partial charge on any atom is -0.352 e. The average Bonchev–Trinajstić information content (AvgIpc) is 3.09. The van der Waals surface area contributed by atoms with Crippen molar-refractivity contribution >= 4 is 5.91 Å². The molecule has 0 aliphatic carbocycles. The zero-order valence-corrected chi connectivity index (χ0v) is 12.5. The highest BCUT2D eigenvalue weighted by Crippen LogP contribution is 2.12. The molecule has 1 amide bonds. The van der Waals surface area contributed by atoms with Gasteiger partial charge in [-0.25, -0.2) is 0 Å². The SMILES string of the molecule is O=C(CCc1nc(-c2ccccn2)no1)NCc1ccccc1. The van der Waals surface area contributed by atoms with Crippen LogP contribution in [-0.2, 0) is 17.8 Å². The molecule has 0 radical (unpaired) electrons. The maximum Gasteiger partial charge on any atom is 0.227 e. The predicted octanol–water partition coefficient (Wildman–Crippen LogP) is 2.38. The van der Waals surface area contributed by atoms with E-state index in [1.807, 2.05) is 42.5 Å². The van der Waals surface area contributed by atoms with Crippen LogP contribution >= 0.6 is 0 Å². The first kappa shape index (κ1) is 14.9. The van der Waals surface area contributed by atoms with Gasteiger partial charge in [0.05, 0.1) is 0 Å².